The molecule has 4 atom stereocenters. The van der Waals surface area contributed by atoms with Gasteiger partial charge in [-0.2, -0.15) is 0 Å². The molecule has 1 aromatic heterocycles. The molecule has 0 bridgehead atoms. The van der Waals surface area contributed by atoms with Crippen molar-refractivity contribution in [3.8, 4) is 17.0 Å². The number of fused-ring (bicyclic) bond motifs is 1. The molecule has 10 heteroatoms. The number of hydrogen-bond donors (Lipinski definition) is 1. The van der Waals surface area contributed by atoms with E-state index in [1.165, 1.54) is 12.0 Å². The summed E-state index contributed by atoms with van der Waals surface area (Å²) in [5.41, 5.74) is 3.95. The maximum Gasteiger partial charge on any atom is 0.264 e. The van der Waals surface area contributed by atoms with Crippen LogP contribution in [0.3, 0.4) is 0 Å². The van der Waals surface area contributed by atoms with Gasteiger partial charge in [0.15, 0.2) is 0 Å². The summed E-state index contributed by atoms with van der Waals surface area (Å²) in [7, 11) is -2.05. The molecular formula is C37H47N3O6S. The normalized spacial score (nSPS) is 26.7. The highest BCUT2D eigenvalue weighted by Crippen LogP contribution is 2.57. The van der Waals surface area contributed by atoms with Crippen molar-refractivity contribution in [3.05, 3.63) is 53.6 Å². The Kier molecular flexibility index (Phi) is 8.40. The molecule has 2 aromatic carbocycles. The molecule has 4 fully saturated rings. The number of morpholine rings is 1. The second-order valence-corrected chi connectivity index (χ2v) is 16.5. The second kappa shape index (κ2) is 12.3. The Morgan fingerprint density at radius 1 is 0.957 bits per heavy atom. The third-order valence-electron chi connectivity index (χ3n) is 11.0. The maximum absolute atomic E-state index is 14.5. The molecule has 4 aliphatic rings. The molecule has 1 saturated heterocycles. The van der Waals surface area contributed by atoms with Crippen molar-refractivity contribution in [2.45, 2.75) is 102 Å². The van der Waals surface area contributed by atoms with Gasteiger partial charge in [-0.1, -0.05) is 32.3 Å². The predicted octanol–water partition coefficient (Wildman–Crippen LogP) is 6.25. The molecule has 0 radical (unpaired) electrons. The largest absolute Gasteiger partial charge is 0.497 e. The molecule has 2 amide bonds. The molecule has 2 heterocycles. The Morgan fingerprint density at radius 3 is 2.21 bits per heavy atom. The van der Waals surface area contributed by atoms with Crippen LogP contribution >= 0.6 is 0 Å². The number of rotatable bonds is 9. The van der Waals surface area contributed by atoms with E-state index in [9.17, 15) is 18.0 Å². The number of hydrogen-bond acceptors (Lipinski definition) is 6. The van der Waals surface area contributed by atoms with Crippen molar-refractivity contribution < 1.29 is 27.5 Å². The highest BCUT2D eigenvalue weighted by molar-refractivity contribution is 7.91. The minimum atomic E-state index is -3.71. The average Bonchev–Trinajstić information content (AvgIpc) is 3.99. The summed E-state index contributed by atoms with van der Waals surface area (Å²) >= 11 is 0. The number of nitrogens with zero attached hydrogens (tertiary/aromatic N) is 2. The Balaban J connectivity index is 1.38. The van der Waals surface area contributed by atoms with E-state index in [-0.39, 0.29) is 24.0 Å². The lowest BCUT2D eigenvalue weighted by Gasteiger charge is -2.38. The summed E-state index contributed by atoms with van der Waals surface area (Å²) in [6, 6.07) is 13.7. The summed E-state index contributed by atoms with van der Waals surface area (Å²) in [6.07, 6.45) is 7.58. The van der Waals surface area contributed by atoms with Crippen molar-refractivity contribution in [1.82, 2.24) is 14.2 Å². The van der Waals surface area contributed by atoms with E-state index in [2.05, 4.69) is 28.3 Å². The fourth-order valence-electron chi connectivity index (χ4n) is 8.21. The van der Waals surface area contributed by atoms with Gasteiger partial charge in [-0.05, 0) is 105 Å². The molecule has 47 heavy (non-hydrogen) atoms. The lowest BCUT2D eigenvalue weighted by atomic mass is 9.81. The number of ether oxygens (including phenoxy) is 2. The third kappa shape index (κ3) is 6.07. The van der Waals surface area contributed by atoms with Gasteiger partial charge >= 0.3 is 0 Å². The maximum atomic E-state index is 14.5. The smallest absolute Gasteiger partial charge is 0.264 e. The number of benzene rings is 2. The molecule has 1 aliphatic heterocycles. The monoisotopic (exact) mass is 661 g/mol. The number of sulfonamides is 1. The average molecular weight is 662 g/mol. The molecule has 3 aliphatic carbocycles. The quantitative estimate of drug-likeness (QED) is 0.291. The first-order valence-electron chi connectivity index (χ1n) is 17.3. The van der Waals surface area contributed by atoms with E-state index in [4.69, 9.17) is 9.47 Å². The second-order valence-electron chi connectivity index (χ2n) is 14.5. The van der Waals surface area contributed by atoms with Crippen molar-refractivity contribution >= 4 is 32.7 Å². The lowest BCUT2D eigenvalue weighted by molar-refractivity contribution is -0.150. The molecule has 252 valence electrons. The highest BCUT2D eigenvalue weighted by atomic mass is 32.2. The van der Waals surface area contributed by atoms with Crippen LogP contribution in [0.25, 0.3) is 22.2 Å². The first kappa shape index (κ1) is 32.2. The zero-order valence-corrected chi connectivity index (χ0v) is 28.8. The minimum absolute atomic E-state index is 0.0260. The summed E-state index contributed by atoms with van der Waals surface area (Å²) in [4.78, 5) is 29.9. The zero-order valence-electron chi connectivity index (χ0n) is 28.0. The number of carbonyl (C=O) groups excluding carboxylic acids is 2. The van der Waals surface area contributed by atoms with Crippen LogP contribution in [0.4, 0.5) is 0 Å². The Morgan fingerprint density at radius 2 is 1.62 bits per heavy atom. The third-order valence-corrected chi connectivity index (χ3v) is 12.8. The van der Waals surface area contributed by atoms with E-state index in [0.717, 1.165) is 60.0 Å². The number of aromatic nitrogens is 1. The van der Waals surface area contributed by atoms with Crippen LogP contribution in [-0.2, 0) is 26.1 Å². The van der Waals surface area contributed by atoms with Crippen LogP contribution in [0.5, 0.6) is 5.75 Å². The Bertz CT molecular complexity index is 1780. The van der Waals surface area contributed by atoms with E-state index < -0.39 is 26.6 Å². The summed E-state index contributed by atoms with van der Waals surface area (Å²) in [6.45, 7) is 7.82. The summed E-state index contributed by atoms with van der Waals surface area (Å²) < 4.78 is 41.5. The first-order valence-corrected chi connectivity index (χ1v) is 18.9. The van der Waals surface area contributed by atoms with E-state index in [0.29, 0.717) is 44.0 Å². The molecule has 0 spiro atoms. The summed E-state index contributed by atoms with van der Waals surface area (Å²) in [5.74, 6) is 0.850. The number of nitrogens with one attached hydrogen (secondary N) is 1. The minimum Gasteiger partial charge on any atom is -0.497 e. The zero-order chi connectivity index (χ0) is 33.1. The molecule has 1 N–H and O–H groups in total. The van der Waals surface area contributed by atoms with Gasteiger partial charge in [0.2, 0.25) is 15.9 Å². The van der Waals surface area contributed by atoms with Crippen molar-refractivity contribution in [2.75, 3.05) is 20.2 Å². The number of carbonyl (C=O) groups is 2. The Hall–Kier alpha value is -3.37. The standard InChI is InChI=1S/C37H47N3O6S/c1-23-19-37(23,36(42)39-20-24(2)46-25(3)21-39)22-40-32-18-28(35(41)38-47(43,44)30-15-16-30)12-17-31(32)33(26-8-6-5-7-9-26)34(40)27-10-13-29(45-4)14-11-27/h10-14,17-18,23-26,30H,5-9,15-16,19-22H2,1-4H3,(H,38,41)/t23?,24-,25+,37?. The van der Waals surface area contributed by atoms with Crippen LogP contribution in [0.15, 0.2) is 42.5 Å². The van der Waals surface area contributed by atoms with Gasteiger partial charge in [-0.15, -0.1) is 0 Å². The molecule has 7 rings (SSSR count). The van der Waals surface area contributed by atoms with Gasteiger partial charge in [0.05, 0.1) is 35.7 Å². The van der Waals surface area contributed by atoms with Crippen LogP contribution in [0, 0.1) is 11.3 Å². The van der Waals surface area contributed by atoms with Crippen LogP contribution in [0.2, 0.25) is 0 Å². The SMILES string of the molecule is COc1ccc(-c2c(C3CCCCC3)c3ccc(C(=O)NS(=O)(=O)C4CC4)cc3n2CC2(C(=O)N3C[C@@H](C)O[C@@H](C)C3)CC2C)cc1. The Labute approximate surface area is 278 Å². The fourth-order valence-corrected chi connectivity index (χ4v) is 9.51. The van der Waals surface area contributed by atoms with Gasteiger partial charge in [0, 0.05) is 36.1 Å². The van der Waals surface area contributed by atoms with Crippen molar-refractivity contribution in [2.24, 2.45) is 11.3 Å². The van der Waals surface area contributed by atoms with Gasteiger partial charge in [-0.3, -0.25) is 9.59 Å². The first-order chi connectivity index (χ1) is 22.5. The number of amides is 2. The summed E-state index contributed by atoms with van der Waals surface area (Å²) in [5, 5.41) is 0.570. The van der Waals surface area contributed by atoms with Gasteiger partial charge in [0.25, 0.3) is 5.91 Å². The predicted molar refractivity (Wildman–Crippen MR) is 182 cm³/mol. The van der Waals surface area contributed by atoms with E-state index in [1.807, 2.05) is 43.0 Å². The molecular weight excluding hydrogens is 614 g/mol. The van der Waals surface area contributed by atoms with Gasteiger partial charge < -0.3 is 18.9 Å². The molecule has 3 saturated carbocycles. The van der Waals surface area contributed by atoms with Crippen LogP contribution < -0.4 is 9.46 Å². The van der Waals surface area contributed by atoms with Crippen molar-refractivity contribution in [1.29, 1.82) is 0 Å². The number of methoxy groups -OCH3 is 1. The fraction of sp³-hybridized carbons (Fsp3) is 0.568. The molecule has 9 nitrogen and oxygen atoms in total. The van der Waals surface area contributed by atoms with E-state index >= 15 is 0 Å². The van der Waals surface area contributed by atoms with Crippen LogP contribution in [0.1, 0.15) is 94.0 Å². The van der Waals surface area contributed by atoms with Gasteiger partial charge in [-0.25, -0.2) is 13.1 Å². The van der Waals surface area contributed by atoms with E-state index in [1.54, 1.807) is 13.2 Å². The molecule has 3 aromatic rings. The van der Waals surface area contributed by atoms with Crippen LogP contribution in [-0.4, -0.2) is 67.4 Å². The van der Waals surface area contributed by atoms with Crippen molar-refractivity contribution in [3.63, 3.8) is 0 Å². The highest BCUT2D eigenvalue weighted by Gasteiger charge is 2.59. The topological polar surface area (TPSA) is 107 Å². The molecule has 2 unspecified atom stereocenters. The lowest BCUT2D eigenvalue weighted by Crippen LogP contribution is -2.51. The van der Waals surface area contributed by atoms with Gasteiger partial charge in [0.1, 0.15) is 5.75 Å².